The van der Waals surface area contributed by atoms with Crippen LogP contribution < -0.4 is 0 Å². The van der Waals surface area contributed by atoms with Crippen LogP contribution in [0.3, 0.4) is 0 Å². The van der Waals surface area contributed by atoms with Gasteiger partial charge in [0.05, 0.1) is 5.92 Å². The van der Waals surface area contributed by atoms with E-state index in [9.17, 15) is 0 Å². The van der Waals surface area contributed by atoms with Gasteiger partial charge in [-0.1, -0.05) is 12.0 Å². The molecule has 1 heteroatoms. The smallest absolute Gasteiger partial charge is 0.0571 e. The fourth-order valence-electron chi connectivity index (χ4n) is 1.35. The van der Waals surface area contributed by atoms with E-state index < -0.39 is 0 Å². The Labute approximate surface area is 71.3 Å². The Morgan fingerprint density at radius 3 is 2.91 bits per heavy atom. The third-order valence-electron chi connectivity index (χ3n) is 2.12. The molecular formula is C10H10S. The molecule has 1 saturated carbocycles. The molecule has 56 valence electrons. The van der Waals surface area contributed by atoms with E-state index >= 15 is 0 Å². The van der Waals surface area contributed by atoms with E-state index in [-0.39, 0.29) is 0 Å². The van der Waals surface area contributed by atoms with Crippen molar-refractivity contribution >= 4 is 11.3 Å². The van der Waals surface area contributed by atoms with Crippen molar-refractivity contribution in [3.05, 3.63) is 22.4 Å². The average molecular weight is 162 g/mol. The monoisotopic (exact) mass is 162 g/mol. The maximum absolute atomic E-state index is 5.46. The fraction of sp³-hybridized carbons (Fsp3) is 0.400. The fourth-order valence-corrected chi connectivity index (χ4v) is 2.23. The maximum Gasteiger partial charge on any atom is 0.0571 e. The summed E-state index contributed by atoms with van der Waals surface area (Å²) in [7, 11) is 0. The molecule has 11 heavy (non-hydrogen) atoms. The van der Waals surface area contributed by atoms with Crippen LogP contribution in [-0.4, -0.2) is 0 Å². The summed E-state index contributed by atoms with van der Waals surface area (Å²) < 4.78 is 0. The number of rotatable bonds is 2. The summed E-state index contributed by atoms with van der Waals surface area (Å²) in [4.78, 5) is 1.37. The van der Waals surface area contributed by atoms with Crippen molar-refractivity contribution in [2.24, 2.45) is 5.92 Å². The zero-order valence-corrected chi connectivity index (χ0v) is 7.10. The highest BCUT2D eigenvalue weighted by atomic mass is 32.1. The molecule has 1 heterocycles. The van der Waals surface area contributed by atoms with Crippen molar-refractivity contribution in [1.29, 1.82) is 0 Å². The predicted molar refractivity (Wildman–Crippen MR) is 48.6 cm³/mol. The van der Waals surface area contributed by atoms with Gasteiger partial charge in [0.1, 0.15) is 0 Å². The molecule has 0 aliphatic heterocycles. The zero-order valence-electron chi connectivity index (χ0n) is 6.29. The van der Waals surface area contributed by atoms with E-state index in [2.05, 4.69) is 23.4 Å². The normalized spacial score (nSPS) is 19.2. The lowest BCUT2D eigenvalue weighted by atomic mass is 10.0. The summed E-state index contributed by atoms with van der Waals surface area (Å²) in [6.45, 7) is 0. The van der Waals surface area contributed by atoms with E-state index in [1.165, 1.54) is 17.7 Å². The van der Waals surface area contributed by atoms with Crippen molar-refractivity contribution < 1.29 is 0 Å². The highest BCUT2D eigenvalue weighted by Gasteiger charge is 2.31. The molecule has 2 rings (SSSR count). The summed E-state index contributed by atoms with van der Waals surface area (Å²) in [5.74, 6) is 4.08. The molecule has 1 unspecified atom stereocenters. The molecule has 0 saturated heterocycles. The first-order valence-corrected chi connectivity index (χ1v) is 4.79. The second-order valence-corrected chi connectivity index (χ2v) is 3.98. The van der Waals surface area contributed by atoms with E-state index in [0.29, 0.717) is 5.92 Å². The first-order chi connectivity index (χ1) is 5.42. The Morgan fingerprint density at radius 2 is 2.45 bits per heavy atom. The molecule has 1 aliphatic rings. The second-order valence-electron chi connectivity index (χ2n) is 3.00. The highest BCUT2D eigenvalue weighted by molar-refractivity contribution is 7.10. The van der Waals surface area contributed by atoms with Crippen LogP contribution in [0.15, 0.2) is 17.5 Å². The summed E-state index contributed by atoms with van der Waals surface area (Å²) in [5.41, 5.74) is 0. The summed E-state index contributed by atoms with van der Waals surface area (Å²) in [6, 6.07) is 4.22. The van der Waals surface area contributed by atoms with Gasteiger partial charge in [-0.3, -0.25) is 0 Å². The lowest BCUT2D eigenvalue weighted by Gasteiger charge is -2.04. The highest BCUT2D eigenvalue weighted by Crippen LogP contribution is 2.43. The molecular weight excluding hydrogens is 152 g/mol. The first kappa shape index (κ1) is 6.94. The number of thiophene rings is 1. The molecule has 0 radical (unpaired) electrons. The van der Waals surface area contributed by atoms with Gasteiger partial charge in [0.15, 0.2) is 0 Å². The SMILES string of the molecule is C#CC(c1cccs1)C1CC1. The minimum atomic E-state index is 0.412. The first-order valence-electron chi connectivity index (χ1n) is 3.91. The topological polar surface area (TPSA) is 0 Å². The van der Waals surface area contributed by atoms with Gasteiger partial charge in [0.25, 0.3) is 0 Å². The van der Waals surface area contributed by atoms with E-state index in [4.69, 9.17) is 6.42 Å². The molecule has 0 N–H and O–H groups in total. The number of hydrogen-bond donors (Lipinski definition) is 0. The largest absolute Gasteiger partial charge is 0.148 e. The minimum absolute atomic E-state index is 0.412. The van der Waals surface area contributed by atoms with Crippen molar-refractivity contribution in [2.45, 2.75) is 18.8 Å². The van der Waals surface area contributed by atoms with Crippen LogP contribution >= 0.6 is 11.3 Å². The Hall–Kier alpha value is -0.740. The van der Waals surface area contributed by atoms with Crippen molar-refractivity contribution in [2.75, 3.05) is 0 Å². The zero-order chi connectivity index (χ0) is 7.68. The molecule has 1 aromatic heterocycles. The molecule has 0 aromatic carbocycles. The van der Waals surface area contributed by atoms with Crippen molar-refractivity contribution in [3.63, 3.8) is 0 Å². The van der Waals surface area contributed by atoms with Crippen LogP contribution in [0.25, 0.3) is 0 Å². The van der Waals surface area contributed by atoms with Gasteiger partial charge in [-0.15, -0.1) is 17.8 Å². The van der Waals surface area contributed by atoms with Crippen LogP contribution in [0.4, 0.5) is 0 Å². The number of hydrogen-bond acceptors (Lipinski definition) is 1. The molecule has 1 atom stereocenters. The van der Waals surface area contributed by atoms with Crippen LogP contribution in [0.2, 0.25) is 0 Å². The second kappa shape index (κ2) is 2.71. The van der Waals surface area contributed by atoms with Crippen molar-refractivity contribution in [3.8, 4) is 12.3 Å². The third-order valence-corrected chi connectivity index (χ3v) is 3.08. The molecule has 1 fully saturated rings. The average Bonchev–Trinajstić information content (AvgIpc) is 2.68. The molecule has 0 nitrogen and oxygen atoms in total. The van der Waals surface area contributed by atoms with Gasteiger partial charge in [-0.2, -0.15) is 0 Å². The Kier molecular flexibility index (Phi) is 1.71. The number of terminal acetylenes is 1. The van der Waals surface area contributed by atoms with E-state index in [0.717, 1.165) is 5.92 Å². The summed E-state index contributed by atoms with van der Waals surface area (Å²) in [5, 5.41) is 2.10. The Morgan fingerprint density at radius 1 is 1.64 bits per heavy atom. The van der Waals surface area contributed by atoms with Crippen LogP contribution in [-0.2, 0) is 0 Å². The molecule has 0 spiro atoms. The van der Waals surface area contributed by atoms with E-state index in [1.54, 1.807) is 11.3 Å². The van der Waals surface area contributed by atoms with E-state index in [1.807, 2.05) is 0 Å². The van der Waals surface area contributed by atoms with Gasteiger partial charge < -0.3 is 0 Å². The Bertz CT molecular complexity index is 262. The maximum atomic E-state index is 5.46. The Balaban J connectivity index is 2.19. The molecule has 1 aromatic rings. The van der Waals surface area contributed by atoms with Gasteiger partial charge >= 0.3 is 0 Å². The van der Waals surface area contributed by atoms with Crippen LogP contribution in [0, 0.1) is 18.3 Å². The minimum Gasteiger partial charge on any atom is -0.148 e. The van der Waals surface area contributed by atoms with Gasteiger partial charge in [-0.05, 0) is 30.2 Å². The lowest BCUT2D eigenvalue weighted by Crippen LogP contribution is -1.93. The van der Waals surface area contributed by atoms with Crippen LogP contribution in [0.1, 0.15) is 23.6 Å². The van der Waals surface area contributed by atoms with Gasteiger partial charge in [0.2, 0.25) is 0 Å². The predicted octanol–water partition coefficient (Wildman–Crippen LogP) is 2.87. The molecule has 1 aliphatic carbocycles. The van der Waals surface area contributed by atoms with Crippen molar-refractivity contribution in [1.82, 2.24) is 0 Å². The van der Waals surface area contributed by atoms with Gasteiger partial charge in [-0.25, -0.2) is 0 Å². The van der Waals surface area contributed by atoms with Crippen LogP contribution in [0.5, 0.6) is 0 Å². The summed E-state index contributed by atoms with van der Waals surface area (Å²) in [6.07, 6.45) is 8.11. The molecule has 0 amide bonds. The lowest BCUT2D eigenvalue weighted by molar-refractivity contribution is 0.763. The quantitative estimate of drug-likeness (QED) is 0.587. The standard InChI is InChI=1S/C10H10S/c1-2-9(8-5-6-8)10-4-3-7-11-10/h1,3-4,7-9H,5-6H2. The molecule has 0 bridgehead atoms. The van der Waals surface area contributed by atoms with Gasteiger partial charge in [0, 0.05) is 4.88 Å². The third kappa shape index (κ3) is 1.32. The summed E-state index contributed by atoms with van der Waals surface area (Å²) >= 11 is 1.78.